The van der Waals surface area contributed by atoms with Crippen molar-refractivity contribution >= 4 is 97.0 Å². The van der Waals surface area contributed by atoms with Crippen LogP contribution in [0, 0.1) is 0 Å². The maximum atomic E-state index is 5.22. The molecule has 0 amide bonds. The van der Waals surface area contributed by atoms with Crippen LogP contribution in [-0.2, 0) is 0 Å². The lowest BCUT2D eigenvalue weighted by molar-refractivity contribution is 1.07. The Hall–Kier alpha value is -19.4. The van der Waals surface area contributed by atoms with Gasteiger partial charge in [-0.3, -0.25) is 0 Å². The van der Waals surface area contributed by atoms with Crippen LogP contribution in [0.4, 0.5) is 0 Å². The highest BCUT2D eigenvalue weighted by atomic mass is 15.1. The van der Waals surface area contributed by atoms with Gasteiger partial charge in [-0.15, -0.1) is 0 Å². The third-order valence-electron chi connectivity index (χ3n) is 27.3. The number of hydrogen-bond donors (Lipinski definition) is 0. The minimum absolute atomic E-state index is 0.637. The molecule has 9 nitrogen and oxygen atoms in total. The van der Waals surface area contributed by atoms with E-state index in [1.54, 1.807) is 0 Å². The van der Waals surface area contributed by atoms with E-state index in [4.69, 9.17) is 44.9 Å². The second-order valence-corrected chi connectivity index (χ2v) is 36.2. The number of benzene rings is 24. The quantitative estimate of drug-likeness (QED) is 0.0925. The Bertz CT molecular complexity index is 9480. The highest BCUT2D eigenvalue weighted by Crippen LogP contribution is 2.47. The molecule has 0 unspecified atom stereocenters. The topological polar surface area (TPSA) is 116 Å². The Morgan fingerprint density at radius 1 is 0.0833 bits per heavy atom. The minimum Gasteiger partial charge on any atom is -0.208 e. The van der Waals surface area contributed by atoms with Crippen molar-refractivity contribution in [3.05, 3.63) is 528 Å². The highest BCUT2D eigenvalue weighted by molar-refractivity contribution is 6.18. The van der Waals surface area contributed by atoms with Crippen molar-refractivity contribution in [1.82, 2.24) is 44.9 Å². The van der Waals surface area contributed by atoms with Gasteiger partial charge in [0.1, 0.15) is 0 Å². The standard InChI is InChI=1S/C47H31N3.C45H29N3.C43H27N3/c1-4-12-32(13-5-1)34-20-24-37(25-21-34)43-30-40(31-44-41-19-11-10-16-36(41)28-29-42(43)44)47-49-45(38-17-8-3-9-18-38)48-46(50-47)39-26-22-35(23-27-39)33-14-6-2-7-15-33;1-4-14-30(15-5-1)33-24-25-39-40(28-35-21-11-12-22-37(35)41(39)27-33)36-26-34-20-10-13-23-38(34)42(29-36)45-47-43(31-16-6-2-7-17-31)46-44(48-45)32-18-8-3-9-19-32;1-2-13-29(14-3-1)41-44-42(34-23-22-28-12-4-5-15-30(28)24-34)46-43(45-41)40-26-32-17-7-6-16-31(32)25-39(40)38-27-33-18-8-9-19-35(33)36-20-10-11-21-37(36)38/h1-31H;1-29H;1-27H. The molecular formula is C135H87N9. The lowest BCUT2D eigenvalue weighted by atomic mass is 9.89. The van der Waals surface area contributed by atoms with Gasteiger partial charge in [-0.25, -0.2) is 44.9 Å². The van der Waals surface area contributed by atoms with E-state index in [-0.39, 0.29) is 0 Å². The Morgan fingerprint density at radius 3 is 0.819 bits per heavy atom. The third kappa shape index (κ3) is 17.2. The molecule has 0 atom stereocenters. The van der Waals surface area contributed by atoms with Gasteiger partial charge >= 0.3 is 0 Å². The van der Waals surface area contributed by atoms with Crippen molar-refractivity contribution in [3.63, 3.8) is 0 Å². The van der Waals surface area contributed by atoms with E-state index in [2.05, 4.69) is 425 Å². The first-order valence-electron chi connectivity index (χ1n) is 48.6. The molecule has 672 valence electrons. The number of nitrogens with zero attached hydrogens (tertiary/aromatic N) is 9. The molecule has 3 heterocycles. The maximum Gasteiger partial charge on any atom is 0.164 e. The molecular weight excluding hydrogens is 1750 g/mol. The van der Waals surface area contributed by atoms with Gasteiger partial charge in [-0.05, 0) is 224 Å². The first-order chi connectivity index (χ1) is 71.3. The molecule has 0 aliphatic carbocycles. The molecule has 0 aliphatic rings. The first-order valence-corrected chi connectivity index (χ1v) is 48.6. The fourth-order valence-electron chi connectivity index (χ4n) is 20.1. The van der Waals surface area contributed by atoms with Crippen molar-refractivity contribution in [2.45, 2.75) is 0 Å². The lowest BCUT2D eigenvalue weighted by Crippen LogP contribution is -2.01. The van der Waals surface area contributed by atoms with Crippen LogP contribution >= 0.6 is 0 Å². The van der Waals surface area contributed by atoms with E-state index >= 15 is 0 Å². The Labute approximate surface area is 833 Å². The van der Waals surface area contributed by atoms with E-state index in [1.807, 2.05) is 103 Å². The van der Waals surface area contributed by atoms with E-state index in [9.17, 15) is 0 Å². The normalized spacial score (nSPS) is 11.3. The van der Waals surface area contributed by atoms with Crippen LogP contribution in [0.3, 0.4) is 0 Å². The van der Waals surface area contributed by atoms with Crippen LogP contribution < -0.4 is 0 Å². The fraction of sp³-hybridized carbons (Fsp3) is 0. The van der Waals surface area contributed by atoms with Gasteiger partial charge in [0.25, 0.3) is 0 Å². The first kappa shape index (κ1) is 86.2. The highest BCUT2D eigenvalue weighted by Gasteiger charge is 2.25. The van der Waals surface area contributed by atoms with Gasteiger partial charge in [0.05, 0.1) is 0 Å². The van der Waals surface area contributed by atoms with E-state index in [1.165, 1.54) is 103 Å². The summed E-state index contributed by atoms with van der Waals surface area (Å²) < 4.78 is 0. The van der Waals surface area contributed by atoms with Gasteiger partial charge < -0.3 is 0 Å². The second-order valence-electron chi connectivity index (χ2n) is 36.2. The number of fused-ring (bicyclic) bond motifs is 12. The fourth-order valence-corrected chi connectivity index (χ4v) is 20.1. The van der Waals surface area contributed by atoms with E-state index in [0.29, 0.717) is 52.4 Å². The Balaban J connectivity index is 0.000000113. The summed E-state index contributed by atoms with van der Waals surface area (Å²) >= 11 is 0. The van der Waals surface area contributed by atoms with Crippen LogP contribution in [0.1, 0.15) is 0 Å². The summed E-state index contributed by atoms with van der Waals surface area (Å²) in [5.74, 6) is 5.82. The smallest absolute Gasteiger partial charge is 0.164 e. The molecule has 9 heteroatoms. The molecule has 0 aliphatic heterocycles. The molecule has 0 bridgehead atoms. The molecule has 0 N–H and O–H groups in total. The average molecular weight is 1840 g/mol. The summed E-state index contributed by atoms with van der Waals surface area (Å²) in [5, 5.41) is 21.4. The Morgan fingerprint density at radius 2 is 0.333 bits per heavy atom. The second kappa shape index (κ2) is 38.2. The number of aromatic nitrogens is 9. The zero-order valence-electron chi connectivity index (χ0n) is 78.3. The predicted molar refractivity (Wildman–Crippen MR) is 599 cm³/mol. The summed E-state index contributed by atoms with van der Waals surface area (Å²) in [5.41, 5.74) is 22.5. The maximum absolute atomic E-state index is 5.22. The van der Waals surface area contributed by atoms with Crippen molar-refractivity contribution in [2.75, 3.05) is 0 Å². The summed E-state index contributed by atoms with van der Waals surface area (Å²) in [4.78, 5) is 45.9. The zero-order valence-corrected chi connectivity index (χ0v) is 78.3. The monoisotopic (exact) mass is 1830 g/mol. The Kier molecular flexibility index (Phi) is 22.9. The van der Waals surface area contributed by atoms with Gasteiger partial charge in [0, 0.05) is 50.1 Å². The summed E-state index contributed by atoms with van der Waals surface area (Å²) in [6, 6.07) is 185. The summed E-state index contributed by atoms with van der Waals surface area (Å²) in [6.07, 6.45) is 0. The van der Waals surface area contributed by atoms with Crippen molar-refractivity contribution in [2.24, 2.45) is 0 Å². The number of rotatable bonds is 15. The average Bonchev–Trinajstić information content (AvgIpc) is 0.750. The SMILES string of the molecule is c1ccc(-c2ccc(-c3nc(-c4ccccc4)nc(-c4cc(-c5ccc(-c6ccccc6)cc5)c5ccc6ccccc6c5c4)n3)cc2)cc1.c1ccc(-c2ccc3c(-c4cc(-c5nc(-c6ccccc6)nc(-c6ccccc6)n5)c5ccccc5c4)cc4ccccc4c3c2)cc1.c1ccc(-c2nc(-c3ccc4ccccc4c3)nc(-c3cc4ccccc4cc3-c3cc4ccccc4c4ccccc34)n2)cc1. The molecule has 27 rings (SSSR count). The van der Waals surface area contributed by atoms with Crippen LogP contribution in [0.5, 0.6) is 0 Å². The largest absolute Gasteiger partial charge is 0.208 e. The molecule has 0 fully saturated rings. The molecule has 24 aromatic carbocycles. The molecule has 0 radical (unpaired) electrons. The van der Waals surface area contributed by atoms with Crippen LogP contribution in [0.2, 0.25) is 0 Å². The van der Waals surface area contributed by atoms with Crippen molar-refractivity contribution in [3.8, 4) is 169 Å². The predicted octanol–water partition coefficient (Wildman–Crippen LogP) is 35.0. The minimum atomic E-state index is 0.637. The summed E-state index contributed by atoms with van der Waals surface area (Å²) in [7, 11) is 0. The van der Waals surface area contributed by atoms with Crippen LogP contribution in [-0.4, -0.2) is 44.9 Å². The third-order valence-corrected chi connectivity index (χ3v) is 27.3. The van der Waals surface area contributed by atoms with Gasteiger partial charge in [0.15, 0.2) is 52.4 Å². The molecule has 144 heavy (non-hydrogen) atoms. The van der Waals surface area contributed by atoms with Crippen molar-refractivity contribution < 1.29 is 0 Å². The zero-order chi connectivity index (χ0) is 95.6. The van der Waals surface area contributed by atoms with Gasteiger partial charge in [-0.1, -0.05) is 467 Å². The molecule has 27 aromatic rings. The van der Waals surface area contributed by atoms with Gasteiger partial charge in [0.2, 0.25) is 0 Å². The van der Waals surface area contributed by atoms with Crippen LogP contribution in [0.15, 0.2) is 528 Å². The molecule has 3 aromatic heterocycles. The molecule has 0 spiro atoms. The van der Waals surface area contributed by atoms with Gasteiger partial charge in [-0.2, -0.15) is 0 Å². The van der Waals surface area contributed by atoms with E-state index in [0.717, 1.165) is 110 Å². The number of hydrogen-bond acceptors (Lipinski definition) is 9. The van der Waals surface area contributed by atoms with Crippen LogP contribution in [0.25, 0.3) is 266 Å². The molecule has 0 saturated heterocycles. The lowest BCUT2D eigenvalue weighted by Gasteiger charge is -2.16. The van der Waals surface area contributed by atoms with Crippen molar-refractivity contribution in [1.29, 1.82) is 0 Å². The van der Waals surface area contributed by atoms with E-state index < -0.39 is 0 Å². The summed E-state index contributed by atoms with van der Waals surface area (Å²) in [6.45, 7) is 0. The molecule has 0 saturated carbocycles.